The van der Waals surface area contributed by atoms with Crippen molar-refractivity contribution >= 4 is 40.7 Å². The zero-order valence-electron chi connectivity index (χ0n) is 20.5. The standard InChI is InChI=1S/C27H28N4O5S/c1-3-35-15-16-36-23-13-9-19(10-14-23)24(32)29-27(37)31-30-26(34)20-7-11-22(12-8-20)28-25(33)21-6-4-5-18(2)17-21/h4-14,17H,3,15-16H2,1-2H3,(H,28,33)(H,30,34)(H2,29,31,32,37). The van der Waals surface area contributed by atoms with Crippen LogP contribution >= 0.6 is 12.2 Å². The van der Waals surface area contributed by atoms with Crippen LogP contribution in [-0.4, -0.2) is 42.7 Å². The average Bonchev–Trinajstić information content (AvgIpc) is 2.90. The summed E-state index contributed by atoms with van der Waals surface area (Å²) in [4.78, 5) is 37.2. The van der Waals surface area contributed by atoms with Crippen LogP contribution in [0.5, 0.6) is 5.75 Å². The highest BCUT2D eigenvalue weighted by atomic mass is 32.1. The fourth-order valence-electron chi connectivity index (χ4n) is 3.15. The maximum atomic E-state index is 12.4. The van der Waals surface area contributed by atoms with Gasteiger partial charge in [-0.15, -0.1) is 0 Å². The Bertz CT molecular complexity index is 1250. The number of carbonyl (C=O) groups is 3. The monoisotopic (exact) mass is 520 g/mol. The van der Waals surface area contributed by atoms with Gasteiger partial charge in [-0.1, -0.05) is 17.7 Å². The van der Waals surface area contributed by atoms with Crippen LogP contribution in [0.2, 0.25) is 0 Å². The fourth-order valence-corrected chi connectivity index (χ4v) is 3.30. The van der Waals surface area contributed by atoms with Crippen LogP contribution in [0.25, 0.3) is 0 Å². The molecule has 192 valence electrons. The summed E-state index contributed by atoms with van der Waals surface area (Å²) in [7, 11) is 0. The number of rotatable bonds is 9. The van der Waals surface area contributed by atoms with Crippen LogP contribution in [-0.2, 0) is 4.74 Å². The van der Waals surface area contributed by atoms with Gasteiger partial charge in [0.1, 0.15) is 12.4 Å². The minimum atomic E-state index is -0.471. The number of hydrogen-bond acceptors (Lipinski definition) is 6. The van der Waals surface area contributed by atoms with E-state index in [2.05, 4.69) is 21.5 Å². The number of thiocarbonyl (C=S) groups is 1. The Balaban J connectivity index is 1.43. The van der Waals surface area contributed by atoms with Crippen molar-refractivity contribution in [3.63, 3.8) is 0 Å². The Hall–Kier alpha value is -4.28. The molecule has 0 saturated heterocycles. The van der Waals surface area contributed by atoms with E-state index in [1.807, 2.05) is 26.0 Å². The second kappa shape index (κ2) is 13.7. The number of hydrogen-bond donors (Lipinski definition) is 4. The summed E-state index contributed by atoms with van der Waals surface area (Å²) in [5.41, 5.74) is 7.70. The first-order valence-corrected chi connectivity index (χ1v) is 12.0. The highest BCUT2D eigenvalue weighted by molar-refractivity contribution is 7.80. The van der Waals surface area contributed by atoms with E-state index in [1.54, 1.807) is 60.7 Å². The van der Waals surface area contributed by atoms with Gasteiger partial charge in [0.05, 0.1) is 6.61 Å². The van der Waals surface area contributed by atoms with Crippen molar-refractivity contribution in [2.24, 2.45) is 0 Å². The molecule has 0 aliphatic carbocycles. The molecule has 3 aromatic carbocycles. The van der Waals surface area contributed by atoms with Gasteiger partial charge in [-0.05, 0) is 86.7 Å². The summed E-state index contributed by atoms with van der Waals surface area (Å²) >= 11 is 5.09. The third kappa shape index (κ3) is 8.71. The van der Waals surface area contributed by atoms with Crippen molar-refractivity contribution in [3.05, 3.63) is 95.1 Å². The molecule has 0 unspecified atom stereocenters. The van der Waals surface area contributed by atoms with Gasteiger partial charge >= 0.3 is 0 Å². The highest BCUT2D eigenvalue weighted by Crippen LogP contribution is 2.13. The molecule has 3 aromatic rings. The first-order chi connectivity index (χ1) is 17.9. The SMILES string of the molecule is CCOCCOc1ccc(C(=O)NC(=S)NNC(=O)c2ccc(NC(=O)c3cccc(C)c3)cc2)cc1. The molecule has 0 radical (unpaired) electrons. The number of nitrogens with one attached hydrogen (secondary N) is 4. The summed E-state index contributed by atoms with van der Waals surface area (Å²) < 4.78 is 10.7. The number of benzene rings is 3. The molecule has 3 rings (SSSR count). The van der Waals surface area contributed by atoms with Crippen LogP contribution < -0.4 is 26.2 Å². The largest absolute Gasteiger partial charge is 0.491 e. The van der Waals surface area contributed by atoms with Gasteiger partial charge in [0.15, 0.2) is 5.11 Å². The fraction of sp³-hybridized carbons (Fsp3) is 0.185. The summed E-state index contributed by atoms with van der Waals surface area (Å²) in [6.45, 7) is 5.34. The van der Waals surface area contributed by atoms with Gasteiger partial charge in [0.25, 0.3) is 17.7 Å². The first kappa shape index (κ1) is 27.3. The van der Waals surface area contributed by atoms with E-state index in [4.69, 9.17) is 21.7 Å². The zero-order chi connectivity index (χ0) is 26.6. The Labute approximate surface area is 220 Å². The average molecular weight is 521 g/mol. The lowest BCUT2D eigenvalue weighted by molar-refractivity contribution is 0.0934. The van der Waals surface area contributed by atoms with Crippen molar-refractivity contribution in [2.45, 2.75) is 13.8 Å². The Kier molecular flexibility index (Phi) is 10.1. The molecule has 9 nitrogen and oxygen atoms in total. The van der Waals surface area contributed by atoms with Crippen molar-refractivity contribution < 1.29 is 23.9 Å². The number of ether oxygens (including phenoxy) is 2. The molecule has 0 aliphatic heterocycles. The van der Waals surface area contributed by atoms with E-state index in [1.165, 1.54) is 0 Å². The van der Waals surface area contributed by atoms with E-state index in [0.29, 0.717) is 47.9 Å². The quantitative estimate of drug-likeness (QED) is 0.193. The van der Waals surface area contributed by atoms with Gasteiger partial charge in [-0.25, -0.2) is 0 Å². The molecule has 0 fully saturated rings. The number of carbonyl (C=O) groups excluding carboxylic acids is 3. The van der Waals surface area contributed by atoms with E-state index in [0.717, 1.165) is 5.56 Å². The maximum absolute atomic E-state index is 12.4. The van der Waals surface area contributed by atoms with Gasteiger partial charge in [-0.3, -0.25) is 30.6 Å². The van der Waals surface area contributed by atoms with Gasteiger partial charge in [-0.2, -0.15) is 0 Å². The van der Waals surface area contributed by atoms with Crippen molar-refractivity contribution in [1.29, 1.82) is 0 Å². The molecule has 0 heterocycles. The summed E-state index contributed by atoms with van der Waals surface area (Å²) in [5, 5.41) is 5.21. The first-order valence-electron chi connectivity index (χ1n) is 11.6. The third-order valence-electron chi connectivity index (χ3n) is 5.02. The number of aryl methyl sites for hydroxylation is 1. The van der Waals surface area contributed by atoms with E-state index in [9.17, 15) is 14.4 Å². The molecular formula is C27H28N4O5S. The van der Waals surface area contributed by atoms with Gasteiger partial charge in [0.2, 0.25) is 0 Å². The molecule has 0 aliphatic rings. The maximum Gasteiger partial charge on any atom is 0.269 e. The second-order valence-electron chi connectivity index (χ2n) is 7.83. The Morgan fingerprint density at radius 2 is 1.46 bits per heavy atom. The Morgan fingerprint density at radius 3 is 2.14 bits per heavy atom. The minimum Gasteiger partial charge on any atom is -0.491 e. The molecular weight excluding hydrogens is 492 g/mol. The smallest absolute Gasteiger partial charge is 0.269 e. The lowest BCUT2D eigenvalue weighted by atomic mass is 10.1. The van der Waals surface area contributed by atoms with Crippen LogP contribution in [0.1, 0.15) is 43.6 Å². The van der Waals surface area contributed by atoms with E-state index >= 15 is 0 Å². The lowest BCUT2D eigenvalue weighted by Gasteiger charge is -2.12. The highest BCUT2D eigenvalue weighted by Gasteiger charge is 2.11. The number of hydrazine groups is 1. The molecule has 3 amide bonds. The molecule has 0 saturated carbocycles. The van der Waals surface area contributed by atoms with Crippen molar-refractivity contribution in [1.82, 2.24) is 16.2 Å². The van der Waals surface area contributed by atoms with Gasteiger partial charge in [0, 0.05) is 29.0 Å². The van der Waals surface area contributed by atoms with Crippen LogP contribution in [0.3, 0.4) is 0 Å². The summed E-state index contributed by atoms with van der Waals surface area (Å²) in [6, 6.07) is 20.1. The minimum absolute atomic E-state index is 0.0718. The molecule has 0 atom stereocenters. The normalized spacial score (nSPS) is 10.2. The zero-order valence-corrected chi connectivity index (χ0v) is 21.3. The van der Waals surface area contributed by atoms with E-state index in [-0.39, 0.29) is 11.0 Å². The summed E-state index contributed by atoms with van der Waals surface area (Å²) in [6.07, 6.45) is 0. The molecule has 4 N–H and O–H groups in total. The topological polar surface area (TPSA) is 118 Å². The van der Waals surface area contributed by atoms with Crippen LogP contribution in [0.4, 0.5) is 5.69 Å². The number of amides is 3. The Morgan fingerprint density at radius 1 is 0.784 bits per heavy atom. The van der Waals surface area contributed by atoms with Crippen molar-refractivity contribution in [3.8, 4) is 5.75 Å². The molecule has 37 heavy (non-hydrogen) atoms. The lowest BCUT2D eigenvalue weighted by Crippen LogP contribution is -2.48. The third-order valence-corrected chi connectivity index (χ3v) is 5.22. The molecule has 10 heteroatoms. The molecule has 0 bridgehead atoms. The second-order valence-corrected chi connectivity index (χ2v) is 8.24. The summed E-state index contributed by atoms with van der Waals surface area (Å²) in [5.74, 6) is -0.541. The molecule has 0 aromatic heterocycles. The van der Waals surface area contributed by atoms with Crippen LogP contribution in [0, 0.1) is 6.92 Å². The van der Waals surface area contributed by atoms with Crippen molar-refractivity contribution in [2.75, 3.05) is 25.1 Å². The molecule has 0 spiro atoms. The number of anilines is 1. The van der Waals surface area contributed by atoms with Gasteiger partial charge < -0.3 is 14.8 Å². The van der Waals surface area contributed by atoms with E-state index < -0.39 is 11.8 Å². The van der Waals surface area contributed by atoms with Crippen LogP contribution in [0.15, 0.2) is 72.8 Å². The predicted octanol–water partition coefficient (Wildman–Crippen LogP) is 3.61. The predicted molar refractivity (Wildman–Crippen MR) is 145 cm³/mol.